The van der Waals surface area contributed by atoms with E-state index in [-0.39, 0.29) is 12.5 Å². The van der Waals surface area contributed by atoms with Gasteiger partial charge in [0.1, 0.15) is 12.4 Å². The number of carbonyl (C=O) groups is 1. The maximum Gasteiger partial charge on any atom is 0.243 e. The lowest BCUT2D eigenvalue weighted by Crippen LogP contribution is -2.51. The van der Waals surface area contributed by atoms with Gasteiger partial charge in [-0.1, -0.05) is 25.3 Å². The van der Waals surface area contributed by atoms with Crippen LogP contribution in [-0.4, -0.2) is 67.6 Å². The Kier molecular flexibility index (Phi) is 7.72. The minimum absolute atomic E-state index is 0.0232. The van der Waals surface area contributed by atoms with E-state index in [1.54, 1.807) is 19.0 Å². The second-order valence-electron chi connectivity index (χ2n) is 8.48. The molecule has 0 bridgehead atoms. The normalized spacial score (nSPS) is 19.1. The van der Waals surface area contributed by atoms with Crippen LogP contribution in [0.25, 0.3) is 0 Å². The molecule has 0 unspecified atom stereocenters. The van der Waals surface area contributed by atoms with Crippen LogP contribution < -0.4 is 15.5 Å². The summed E-state index contributed by atoms with van der Waals surface area (Å²) in [6, 6.07) is 7.02. The molecule has 0 radical (unpaired) electrons. The molecular weight excluding hydrogens is 364 g/mol. The van der Waals surface area contributed by atoms with Gasteiger partial charge in [-0.05, 0) is 44.7 Å². The summed E-state index contributed by atoms with van der Waals surface area (Å²) in [7, 11) is 3.54. The number of nitrogens with one attached hydrogen (secondary N) is 2. The number of guanidine groups is 1. The number of rotatable bonds is 5. The zero-order valence-electron chi connectivity index (χ0n) is 18.2. The number of anilines is 1. The van der Waals surface area contributed by atoms with Crippen molar-refractivity contribution in [2.45, 2.75) is 64.0 Å². The largest absolute Gasteiger partial charge is 0.356 e. The first kappa shape index (κ1) is 21.4. The Morgan fingerprint density at radius 3 is 2.38 bits per heavy atom. The molecule has 2 N–H and O–H groups in total. The third-order valence-electron chi connectivity index (χ3n) is 5.85. The van der Waals surface area contributed by atoms with E-state index in [1.165, 1.54) is 32.1 Å². The number of amides is 1. The average molecular weight is 401 g/mol. The van der Waals surface area contributed by atoms with Gasteiger partial charge in [0, 0.05) is 45.0 Å². The Balaban J connectivity index is 1.57. The van der Waals surface area contributed by atoms with Gasteiger partial charge in [-0.2, -0.15) is 0 Å². The first-order chi connectivity index (χ1) is 14.0. The van der Waals surface area contributed by atoms with Crippen LogP contribution in [0.5, 0.6) is 0 Å². The summed E-state index contributed by atoms with van der Waals surface area (Å²) >= 11 is 0. The SMILES string of the molecule is Cc1cccc(N2CCC(NC(=NCC(=O)N(C)C)NC3CCCCC3)CC2)n1. The highest BCUT2D eigenvalue weighted by Gasteiger charge is 2.22. The van der Waals surface area contributed by atoms with E-state index in [0.29, 0.717) is 12.1 Å². The van der Waals surface area contributed by atoms with Crippen LogP contribution in [0.1, 0.15) is 50.6 Å². The van der Waals surface area contributed by atoms with Crippen LogP contribution in [-0.2, 0) is 4.79 Å². The molecular formula is C22H36N6O. The highest BCUT2D eigenvalue weighted by atomic mass is 16.2. The molecule has 7 nitrogen and oxygen atoms in total. The molecule has 1 aliphatic heterocycles. The van der Waals surface area contributed by atoms with E-state index in [1.807, 2.05) is 13.0 Å². The number of nitrogens with zero attached hydrogens (tertiary/aromatic N) is 4. The van der Waals surface area contributed by atoms with Gasteiger partial charge in [-0.15, -0.1) is 0 Å². The molecule has 1 amide bonds. The number of carbonyl (C=O) groups excluding carboxylic acids is 1. The number of aryl methyl sites for hydroxylation is 1. The molecule has 1 aromatic heterocycles. The van der Waals surface area contributed by atoms with Crippen LogP contribution in [0, 0.1) is 6.92 Å². The minimum atomic E-state index is 0.0232. The van der Waals surface area contributed by atoms with Crippen molar-refractivity contribution in [3.8, 4) is 0 Å². The Hall–Kier alpha value is -2.31. The number of piperidine rings is 1. The van der Waals surface area contributed by atoms with Crippen molar-refractivity contribution in [2.75, 3.05) is 38.6 Å². The molecule has 0 atom stereocenters. The predicted octanol–water partition coefficient (Wildman–Crippen LogP) is 2.31. The zero-order valence-corrected chi connectivity index (χ0v) is 18.2. The van der Waals surface area contributed by atoms with Crippen molar-refractivity contribution >= 4 is 17.7 Å². The lowest BCUT2D eigenvalue weighted by Gasteiger charge is -2.34. The summed E-state index contributed by atoms with van der Waals surface area (Å²) < 4.78 is 0. The van der Waals surface area contributed by atoms with Crippen LogP contribution in [0.2, 0.25) is 0 Å². The van der Waals surface area contributed by atoms with Gasteiger partial charge in [0.2, 0.25) is 5.91 Å². The Morgan fingerprint density at radius 1 is 1.10 bits per heavy atom. The number of pyridine rings is 1. The molecule has 7 heteroatoms. The molecule has 160 valence electrons. The molecule has 1 saturated carbocycles. The van der Waals surface area contributed by atoms with Gasteiger partial charge in [0.25, 0.3) is 0 Å². The average Bonchev–Trinajstić information content (AvgIpc) is 2.73. The maximum atomic E-state index is 12.0. The van der Waals surface area contributed by atoms with Crippen molar-refractivity contribution in [3.05, 3.63) is 23.9 Å². The first-order valence-corrected chi connectivity index (χ1v) is 11.0. The molecule has 1 aromatic rings. The van der Waals surface area contributed by atoms with Crippen molar-refractivity contribution in [2.24, 2.45) is 4.99 Å². The summed E-state index contributed by atoms with van der Waals surface area (Å²) in [6.45, 7) is 4.16. The quantitative estimate of drug-likeness (QED) is 0.586. The first-order valence-electron chi connectivity index (χ1n) is 11.0. The predicted molar refractivity (Wildman–Crippen MR) is 118 cm³/mol. The molecule has 2 fully saturated rings. The second kappa shape index (κ2) is 10.5. The molecule has 2 heterocycles. The molecule has 0 spiro atoms. The molecule has 2 aliphatic rings. The smallest absolute Gasteiger partial charge is 0.243 e. The van der Waals surface area contributed by atoms with Crippen molar-refractivity contribution in [1.29, 1.82) is 0 Å². The molecule has 0 aromatic carbocycles. The van der Waals surface area contributed by atoms with Gasteiger partial charge < -0.3 is 20.4 Å². The minimum Gasteiger partial charge on any atom is -0.356 e. The summed E-state index contributed by atoms with van der Waals surface area (Å²) in [4.78, 5) is 25.2. The molecule has 29 heavy (non-hydrogen) atoms. The van der Waals surface area contributed by atoms with Crippen LogP contribution in [0.3, 0.4) is 0 Å². The standard InChI is InChI=1S/C22H36N6O/c1-17-8-7-11-20(24-17)28-14-12-19(13-15-28)26-22(23-16-21(29)27(2)3)25-18-9-5-4-6-10-18/h7-8,11,18-19H,4-6,9-10,12-16H2,1-3H3,(H2,23,25,26). The van der Waals surface area contributed by atoms with E-state index >= 15 is 0 Å². The fourth-order valence-corrected chi connectivity index (χ4v) is 4.01. The number of hydrogen-bond donors (Lipinski definition) is 2. The van der Waals surface area contributed by atoms with Crippen molar-refractivity contribution in [1.82, 2.24) is 20.5 Å². The number of aromatic nitrogens is 1. The van der Waals surface area contributed by atoms with E-state index in [4.69, 9.17) is 0 Å². The highest BCUT2D eigenvalue weighted by Crippen LogP contribution is 2.19. The lowest BCUT2D eigenvalue weighted by atomic mass is 9.95. The van der Waals surface area contributed by atoms with E-state index in [2.05, 4.69) is 37.6 Å². The lowest BCUT2D eigenvalue weighted by molar-refractivity contribution is -0.127. The Labute approximate surface area is 175 Å². The van der Waals surface area contributed by atoms with Crippen LogP contribution >= 0.6 is 0 Å². The van der Waals surface area contributed by atoms with E-state index in [9.17, 15) is 4.79 Å². The van der Waals surface area contributed by atoms with Gasteiger partial charge in [-0.3, -0.25) is 4.79 Å². The highest BCUT2D eigenvalue weighted by molar-refractivity contribution is 5.85. The summed E-state index contributed by atoms with van der Waals surface area (Å²) in [5.74, 6) is 1.88. The van der Waals surface area contributed by atoms with Gasteiger partial charge in [0.05, 0.1) is 0 Å². The maximum absolute atomic E-state index is 12.0. The van der Waals surface area contributed by atoms with Crippen molar-refractivity contribution in [3.63, 3.8) is 0 Å². The molecule has 1 aliphatic carbocycles. The van der Waals surface area contributed by atoms with E-state index < -0.39 is 0 Å². The molecule has 3 rings (SSSR count). The van der Waals surface area contributed by atoms with Crippen molar-refractivity contribution < 1.29 is 4.79 Å². The van der Waals surface area contributed by atoms with Gasteiger partial charge in [-0.25, -0.2) is 9.98 Å². The molecule has 1 saturated heterocycles. The number of hydrogen-bond acceptors (Lipinski definition) is 4. The summed E-state index contributed by atoms with van der Waals surface area (Å²) in [5, 5.41) is 7.19. The third kappa shape index (κ3) is 6.61. The zero-order chi connectivity index (χ0) is 20.6. The van der Waals surface area contributed by atoms with Crippen LogP contribution in [0.4, 0.5) is 5.82 Å². The summed E-state index contributed by atoms with van der Waals surface area (Å²) in [5.41, 5.74) is 1.06. The second-order valence-corrected chi connectivity index (χ2v) is 8.48. The Bertz CT molecular complexity index is 690. The topological polar surface area (TPSA) is 72.9 Å². The number of aliphatic imine (C=N–C) groups is 1. The van der Waals surface area contributed by atoms with E-state index in [0.717, 1.165) is 43.4 Å². The summed E-state index contributed by atoms with van der Waals surface area (Å²) in [6.07, 6.45) is 8.28. The van der Waals surface area contributed by atoms with Gasteiger partial charge >= 0.3 is 0 Å². The number of likely N-dealkylation sites (N-methyl/N-ethyl adjacent to an activating group) is 1. The third-order valence-corrected chi connectivity index (χ3v) is 5.85. The van der Waals surface area contributed by atoms with Crippen LogP contribution in [0.15, 0.2) is 23.2 Å². The fourth-order valence-electron chi connectivity index (χ4n) is 4.01. The van der Waals surface area contributed by atoms with Gasteiger partial charge in [0.15, 0.2) is 5.96 Å². The monoisotopic (exact) mass is 400 g/mol. The fraction of sp³-hybridized carbons (Fsp3) is 0.682. The Morgan fingerprint density at radius 2 is 1.76 bits per heavy atom.